The predicted octanol–water partition coefficient (Wildman–Crippen LogP) is 2.75. The first-order chi connectivity index (χ1) is 10.6. The third-order valence-corrected chi connectivity index (χ3v) is 3.32. The number of hydrogen-bond donors (Lipinski definition) is 1. The molecule has 3 rings (SSSR count). The molecule has 3 aromatic rings. The zero-order valence-corrected chi connectivity index (χ0v) is 12.0. The van der Waals surface area contributed by atoms with Crippen molar-refractivity contribution in [3.8, 4) is 0 Å². The van der Waals surface area contributed by atoms with Crippen molar-refractivity contribution in [3.05, 3.63) is 70.5 Å². The monoisotopic (exact) mass is 297 g/mol. The van der Waals surface area contributed by atoms with Gasteiger partial charge in [0.15, 0.2) is 11.2 Å². The van der Waals surface area contributed by atoms with Crippen molar-refractivity contribution in [1.29, 1.82) is 0 Å². The van der Waals surface area contributed by atoms with Gasteiger partial charge in [-0.3, -0.25) is 9.59 Å². The summed E-state index contributed by atoms with van der Waals surface area (Å²) in [6.45, 7) is 1.86. The fourth-order valence-electron chi connectivity index (χ4n) is 2.29. The minimum absolute atomic E-state index is 0.00925. The average molecular weight is 297 g/mol. The first kappa shape index (κ1) is 14.1. The van der Waals surface area contributed by atoms with Gasteiger partial charge >= 0.3 is 0 Å². The number of amides is 1. The Morgan fingerprint density at radius 1 is 1.23 bits per heavy atom. The molecule has 0 radical (unpaired) electrons. The molecule has 1 unspecified atom stereocenters. The fraction of sp³-hybridized carbons (Fsp3) is 0.176. The highest BCUT2D eigenvalue weighted by Gasteiger charge is 2.15. The summed E-state index contributed by atoms with van der Waals surface area (Å²) in [5.41, 5.74) is 0.171. The van der Waals surface area contributed by atoms with Gasteiger partial charge in [-0.25, -0.2) is 0 Å². The van der Waals surface area contributed by atoms with Gasteiger partial charge in [-0.15, -0.1) is 0 Å². The number of rotatable bonds is 4. The molecule has 5 heteroatoms. The van der Waals surface area contributed by atoms with E-state index in [2.05, 4.69) is 5.32 Å². The molecule has 2 heterocycles. The lowest BCUT2D eigenvalue weighted by molar-refractivity contribution is 0.0912. The largest absolute Gasteiger partial charge is 0.469 e. The van der Waals surface area contributed by atoms with E-state index in [1.54, 1.807) is 36.6 Å². The van der Waals surface area contributed by atoms with E-state index < -0.39 is 5.91 Å². The molecule has 112 valence electrons. The molecule has 0 fully saturated rings. The van der Waals surface area contributed by atoms with Gasteiger partial charge in [0.05, 0.1) is 11.6 Å². The number of para-hydroxylation sites is 1. The predicted molar refractivity (Wildman–Crippen MR) is 81.8 cm³/mol. The standard InChI is InChI=1S/C17H15NO4/c1-11(9-12-5-4-8-21-12)18-17(20)16-10-14(19)13-6-2-3-7-15(13)22-16/h2-8,10-11H,9H2,1H3,(H,18,20). The highest BCUT2D eigenvalue weighted by atomic mass is 16.3. The Bertz CT molecular complexity index is 848. The number of carbonyl (C=O) groups excluding carboxylic acids is 1. The van der Waals surface area contributed by atoms with Crippen LogP contribution in [0.5, 0.6) is 0 Å². The average Bonchev–Trinajstić information content (AvgIpc) is 3.00. The summed E-state index contributed by atoms with van der Waals surface area (Å²) < 4.78 is 10.7. The molecule has 0 aliphatic heterocycles. The second-order valence-electron chi connectivity index (χ2n) is 5.13. The van der Waals surface area contributed by atoms with E-state index in [1.807, 2.05) is 13.0 Å². The van der Waals surface area contributed by atoms with Gasteiger partial charge in [0.1, 0.15) is 11.3 Å². The van der Waals surface area contributed by atoms with E-state index >= 15 is 0 Å². The van der Waals surface area contributed by atoms with Crippen LogP contribution >= 0.6 is 0 Å². The van der Waals surface area contributed by atoms with E-state index in [9.17, 15) is 9.59 Å². The van der Waals surface area contributed by atoms with Crippen LogP contribution in [-0.2, 0) is 6.42 Å². The maximum atomic E-state index is 12.2. The van der Waals surface area contributed by atoms with Crippen LogP contribution in [0, 0.1) is 0 Å². The number of carbonyl (C=O) groups is 1. The second-order valence-corrected chi connectivity index (χ2v) is 5.13. The minimum Gasteiger partial charge on any atom is -0.469 e. The molecular formula is C17H15NO4. The number of hydrogen-bond acceptors (Lipinski definition) is 4. The minimum atomic E-state index is -0.415. The van der Waals surface area contributed by atoms with Gasteiger partial charge in [0.2, 0.25) is 0 Å². The molecule has 1 aromatic carbocycles. The Hall–Kier alpha value is -2.82. The van der Waals surface area contributed by atoms with E-state index in [0.29, 0.717) is 17.4 Å². The molecule has 0 aliphatic rings. The van der Waals surface area contributed by atoms with Gasteiger partial charge in [-0.05, 0) is 31.2 Å². The van der Waals surface area contributed by atoms with E-state index in [4.69, 9.17) is 8.83 Å². The van der Waals surface area contributed by atoms with Crippen molar-refractivity contribution < 1.29 is 13.6 Å². The highest BCUT2D eigenvalue weighted by molar-refractivity contribution is 5.93. The number of furan rings is 1. The van der Waals surface area contributed by atoms with Crippen LogP contribution in [0.3, 0.4) is 0 Å². The molecule has 0 aliphatic carbocycles. The molecule has 5 nitrogen and oxygen atoms in total. The number of nitrogens with one attached hydrogen (secondary N) is 1. The summed E-state index contributed by atoms with van der Waals surface area (Å²) in [5, 5.41) is 3.26. The van der Waals surface area contributed by atoms with Crippen molar-refractivity contribution in [2.75, 3.05) is 0 Å². The summed E-state index contributed by atoms with van der Waals surface area (Å²) in [4.78, 5) is 24.2. The maximum Gasteiger partial charge on any atom is 0.287 e. The molecule has 0 spiro atoms. The molecule has 2 aromatic heterocycles. The molecule has 0 saturated heterocycles. The van der Waals surface area contributed by atoms with Gasteiger partial charge in [-0.2, -0.15) is 0 Å². The fourth-order valence-corrected chi connectivity index (χ4v) is 2.29. The summed E-state index contributed by atoms with van der Waals surface area (Å²) in [6, 6.07) is 11.6. The quantitative estimate of drug-likeness (QED) is 0.803. The Morgan fingerprint density at radius 2 is 2.05 bits per heavy atom. The molecule has 0 saturated carbocycles. The summed E-state index contributed by atoms with van der Waals surface area (Å²) >= 11 is 0. The van der Waals surface area contributed by atoms with Crippen LogP contribution < -0.4 is 10.7 Å². The van der Waals surface area contributed by atoms with Gasteiger partial charge in [0, 0.05) is 18.5 Å². The molecule has 1 N–H and O–H groups in total. The SMILES string of the molecule is CC(Cc1ccco1)NC(=O)c1cc(=O)c2ccccc2o1. The molecule has 1 amide bonds. The van der Waals surface area contributed by atoms with E-state index in [-0.39, 0.29) is 17.2 Å². The first-order valence-corrected chi connectivity index (χ1v) is 6.99. The topological polar surface area (TPSA) is 72.5 Å². The van der Waals surface area contributed by atoms with Gasteiger partial charge in [-0.1, -0.05) is 12.1 Å². The van der Waals surface area contributed by atoms with E-state index in [0.717, 1.165) is 5.76 Å². The second kappa shape index (κ2) is 5.89. The number of benzene rings is 1. The van der Waals surface area contributed by atoms with Crippen LogP contribution in [0.1, 0.15) is 23.2 Å². The molecular weight excluding hydrogens is 282 g/mol. The van der Waals surface area contributed by atoms with Crippen molar-refractivity contribution in [3.63, 3.8) is 0 Å². The zero-order valence-electron chi connectivity index (χ0n) is 12.0. The molecule has 1 atom stereocenters. The van der Waals surface area contributed by atoms with Crippen molar-refractivity contribution >= 4 is 16.9 Å². The van der Waals surface area contributed by atoms with Crippen molar-refractivity contribution in [1.82, 2.24) is 5.32 Å². The normalized spacial score (nSPS) is 12.2. The van der Waals surface area contributed by atoms with Gasteiger partial charge in [0.25, 0.3) is 5.91 Å². The van der Waals surface area contributed by atoms with Gasteiger partial charge < -0.3 is 14.2 Å². The van der Waals surface area contributed by atoms with Crippen LogP contribution in [0.4, 0.5) is 0 Å². The summed E-state index contributed by atoms with van der Waals surface area (Å²) in [7, 11) is 0. The van der Waals surface area contributed by atoms with Crippen molar-refractivity contribution in [2.24, 2.45) is 0 Å². The lowest BCUT2D eigenvalue weighted by atomic mass is 10.2. The Kier molecular flexibility index (Phi) is 3.78. The first-order valence-electron chi connectivity index (χ1n) is 6.99. The maximum absolute atomic E-state index is 12.2. The number of fused-ring (bicyclic) bond motifs is 1. The molecule has 22 heavy (non-hydrogen) atoms. The third-order valence-electron chi connectivity index (χ3n) is 3.32. The third kappa shape index (κ3) is 2.93. The lowest BCUT2D eigenvalue weighted by Gasteiger charge is -2.12. The van der Waals surface area contributed by atoms with Crippen LogP contribution in [0.2, 0.25) is 0 Å². The Labute approximate surface area is 126 Å². The zero-order chi connectivity index (χ0) is 15.5. The van der Waals surface area contributed by atoms with Crippen LogP contribution in [0.15, 0.2) is 62.4 Å². The lowest BCUT2D eigenvalue weighted by Crippen LogP contribution is -2.34. The Balaban J connectivity index is 1.78. The Morgan fingerprint density at radius 3 is 2.82 bits per heavy atom. The van der Waals surface area contributed by atoms with Crippen LogP contribution in [0.25, 0.3) is 11.0 Å². The van der Waals surface area contributed by atoms with Crippen LogP contribution in [-0.4, -0.2) is 11.9 Å². The molecule has 0 bridgehead atoms. The van der Waals surface area contributed by atoms with Crippen molar-refractivity contribution in [2.45, 2.75) is 19.4 Å². The summed E-state index contributed by atoms with van der Waals surface area (Å²) in [5.74, 6) is 0.379. The smallest absolute Gasteiger partial charge is 0.287 e. The highest BCUT2D eigenvalue weighted by Crippen LogP contribution is 2.12. The summed E-state index contributed by atoms with van der Waals surface area (Å²) in [6.07, 6.45) is 2.16. The van der Waals surface area contributed by atoms with E-state index in [1.165, 1.54) is 6.07 Å².